The van der Waals surface area contributed by atoms with Gasteiger partial charge in [0.25, 0.3) is 0 Å². The van der Waals surface area contributed by atoms with Crippen LogP contribution in [0.5, 0.6) is 0 Å². The van der Waals surface area contributed by atoms with Gasteiger partial charge in [0.1, 0.15) is 0 Å². The Kier molecular flexibility index (Phi) is 6.80. The van der Waals surface area contributed by atoms with Crippen LogP contribution in [-0.2, 0) is 6.42 Å². The van der Waals surface area contributed by atoms with E-state index in [1.165, 1.54) is 24.2 Å². The van der Waals surface area contributed by atoms with Crippen molar-refractivity contribution in [1.29, 1.82) is 0 Å². The van der Waals surface area contributed by atoms with E-state index in [-0.39, 0.29) is 0 Å². The maximum atomic E-state index is 3.60. The predicted octanol–water partition coefficient (Wildman–Crippen LogP) is 4.13. The fourth-order valence-corrected chi connectivity index (χ4v) is 2.85. The van der Waals surface area contributed by atoms with Gasteiger partial charge in [-0.05, 0) is 24.9 Å². The second-order valence-corrected chi connectivity index (χ2v) is 7.55. The van der Waals surface area contributed by atoms with Crippen molar-refractivity contribution in [3.63, 3.8) is 0 Å². The summed E-state index contributed by atoms with van der Waals surface area (Å²) in [7, 11) is 0. The molecule has 0 amide bonds. The molecule has 1 rings (SSSR count). The van der Waals surface area contributed by atoms with E-state index in [1.54, 1.807) is 0 Å². The molecule has 0 aliphatic rings. The minimum Gasteiger partial charge on any atom is -0.313 e. The Balaban J connectivity index is 2.38. The zero-order valence-corrected chi connectivity index (χ0v) is 13.0. The first kappa shape index (κ1) is 15.6. The summed E-state index contributed by atoms with van der Waals surface area (Å²) in [5.41, 5.74) is 1.45. The number of aryl methyl sites for hydroxylation is 1. The maximum absolute atomic E-state index is 3.60. The van der Waals surface area contributed by atoms with Gasteiger partial charge in [0.05, 0.1) is 0 Å². The van der Waals surface area contributed by atoms with Gasteiger partial charge in [0, 0.05) is 16.5 Å². The summed E-state index contributed by atoms with van der Waals surface area (Å²) in [6, 6.07) is 11.4. The van der Waals surface area contributed by atoms with Gasteiger partial charge in [-0.15, -0.1) is 0 Å². The summed E-state index contributed by atoms with van der Waals surface area (Å²) in [6.07, 6.45) is 2.39. The summed E-state index contributed by atoms with van der Waals surface area (Å²) in [4.78, 5) is 0. The molecule has 0 bridgehead atoms. The molecular weight excluding hydrogens is 238 g/mol. The fourth-order valence-electron chi connectivity index (χ4n) is 1.87. The van der Waals surface area contributed by atoms with Crippen LogP contribution in [0.3, 0.4) is 0 Å². The molecule has 0 aliphatic carbocycles. The van der Waals surface area contributed by atoms with E-state index in [0.717, 1.165) is 6.54 Å². The normalized spacial score (nSPS) is 13.6. The standard InChI is InChI=1S/C16H27NS/c1-5-17-15(13-18-16(2,3)4)12-11-14-9-7-6-8-10-14/h6-10,15,17H,5,11-13H2,1-4H3. The van der Waals surface area contributed by atoms with Gasteiger partial charge in [-0.25, -0.2) is 0 Å². The number of hydrogen-bond donors (Lipinski definition) is 1. The Bertz CT molecular complexity index is 316. The number of hydrogen-bond acceptors (Lipinski definition) is 2. The topological polar surface area (TPSA) is 12.0 Å². The number of benzene rings is 1. The van der Waals surface area contributed by atoms with E-state index in [2.05, 4.69) is 75.1 Å². The summed E-state index contributed by atoms with van der Waals surface area (Å²) in [5.74, 6) is 1.20. The minimum absolute atomic E-state index is 0.362. The van der Waals surface area contributed by atoms with Crippen molar-refractivity contribution in [3.8, 4) is 0 Å². The lowest BCUT2D eigenvalue weighted by atomic mass is 10.1. The molecule has 0 fully saturated rings. The Morgan fingerprint density at radius 2 is 1.83 bits per heavy atom. The van der Waals surface area contributed by atoms with Crippen molar-refractivity contribution in [2.24, 2.45) is 0 Å². The van der Waals surface area contributed by atoms with Crippen LogP contribution in [0.2, 0.25) is 0 Å². The van der Waals surface area contributed by atoms with Gasteiger partial charge in [0.2, 0.25) is 0 Å². The molecule has 1 unspecified atom stereocenters. The molecule has 1 aromatic carbocycles. The Hall–Kier alpha value is -0.470. The zero-order chi connectivity index (χ0) is 13.4. The fraction of sp³-hybridized carbons (Fsp3) is 0.625. The van der Waals surface area contributed by atoms with Gasteiger partial charge >= 0.3 is 0 Å². The summed E-state index contributed by atoms with van der Waals surface area (Å²) in [6.45, 7) is 10.1. The molecule has 1 aromatic rings. The van der Waals surface area contributed by atoms with Crippen LogP contribution < -0.4 is 5.32 Å². The molecule has 1 atom stereocenters. The third-order valence-electron chi connectivity index (χ3n) is 2.83. The molecule has 18 heavy (non-hydrogen) atoms. The van der Waals surface area contributed by atoms with E-state index >= 15 is 0 Å². The number of nitrogens with one attached hydrogen (secondary N) is 1. The maximum Gasteiger partial charge on any atom is 0.0161 e. The highest BCUT2D eigenvalue weighted by atomic mass is 32.2. The van der Waals surface area contributed by atoms with Crippen LogP contribution in [0.1, 0.15) is 39.7 Å². The molecule has 1 N–H and O–H groups in total. The summed E-state index contributed by atoms with van der Waals surface area (Å²) >= 11 is 2.05. The largest absolute Gasteiger partial charge is 0.313 e. The molecule has 0 heterocycles. The van der Waals surface area contributed by atoms with Crippen molar-refractivity contribution in [1.82, 2.24) is 5.32 Å². The van der Waals surface area contributed by atoms with Gasteiger partial charge in [0.15, 0.2) is 0 Å². The van der Waals surface area contributed by atoms with Crippen LogP contribution in [-0.4, -0.2) is 23.1 Å². The average Bonchev–Trinajstić information content (AvgIpc) is 2.33. The first-order valence-electron chi connectivity index (χ1n) is 6.92. The third kappa shape index (κ3) is 7.07. The van der Waals surface area contributed by atoms with E-state index in [4.69, 9.17) is 0 Å². The van der Waals surface area contributed by atoms with Crippen molar-refractivity contribution < 1.29 is 0 Å². The quantitative estimate of drug-likeness (QED) is 0.795. The van der Waals surface area contributed by atoms with Gasteiger partial charge in [-0.3, -0.25) is 0 Å². The minimum atomic E-state index is 0.362. The molecule has 102 valence electrons. The lowest BCUT2D eigenvalue weighted by Gasteiger charge is -2.23. The molecule has 0 aliphatic heterocycles. The van der Waals surface area contributed by atoms with E-state index in [9.17, 15) is 0 Å². The van der Waals surface area contributed by atoms with E-state index in [0.29, 0.717) is 10.8 Å². The molecule has 2 heteroatoms. The number of rotatable bonds is 7. The highest BCUT2D eigenvalue weighted by Gasteiger charge is 2.15. The predicted molar refractivity (Wildman–Crippen MR) is 84.4 cm³/mol. The molecule has 0 saturated carbocycles. The van der Waals surface area contributed by atoms with Crippen LogP contribution in [0, 0.1) is 0 Å². The van der Waals surface area contributed by atoms with Crippen LogP contribution in [0.25, 0.3) is 0 Å². The average molecular weight is 265 g/mol. The van der Waals surface area contributed by atoms with E-state index in [1.807, 2.05) is 0 Å². The van der Waals surface area contributed by atoms with Gasteiger partial charge in [-0.1, -0.05) is 58.0 Å². The van der Waals surface area contributed by atoms with Gasteiger partial charge < -0.3 is 5.32 Å². The second kappa shape index (κ2) is 7.85. The Morgan fingerprint density at radius 1 is 1.17 bits per heavy atom. The van der Waals surface area contributed by atoms with Crippen LogP contribution in [0.15, 0.2) is 30.3 Å². The first-order valence-corrected chi connectivity index (χ1v) is 7.91. The molecule has 0 aromatic heterocycles. The lowest BCUT2D eigenvalue weighted by Crippen LogP contribution is -2.33. The van der Waals surface area contributed by atoms with Crippen molar-refractivity contribution in [2.75, 3.05) is 12.3 Å². The summed E-state index contributed by atoms with van der Waals surface area (Å²) in [5, 5.41) is 3.60. The molecule has 0 saturated heterocycles. The first-order chi connectivity index (χ1) is 8.51. The summed E-state index contributed by atoms with van der Waals surface area (Å²) < 4.78 is 0.362. The second-order valence-electron chi connectivity index (χ2n) is 5.70. The van der Waals surface area contributed by atoms with Crippen molar-refractivity contribution in [2.45, 2.75) is 51.3 Å². The number of thioether (sulfide) groups is 1. The molecule has 1 nitrogen and oxygen atoms in total. The highest BCUT2D eigenvalue weighted by molar-refractivity contribution is 8.00. The van der Waals surface area contributed by atoms with E-state index < -0.39 is 0 Å². The SMILES string of the molecule is CCNC(CCc1ccccc1)CSC(C)(C)C. The van der Waals surface area contributed by atoms with Crippen LogP contribution >= 0.6 is 11.8 Å². The van der Waals surface area contributed by atoms with Gasteiger partial charge in [-0.2, -0.15) is 11.8 Å². The molecule has 0 spiro atoms. The Labute approximate surface area is 117 Å². The molecule has 0 radical (unpaired) electrons. The Morgan fingerprint density at radius 3 is 2.39 bits per heavy atom. The smallest absolute Gasteiger partial charge is 0.0161 e. The lowest BCUT2D eigenvalue weighted by molar-refractivity contribution is 0.536. The molecular formula is C16H27NS. The van der Waals surface area contributed by atoms with Crippen molar-refractivity contribution >= 4 is 11.8 Å². The zero-order valence-electron chi connectivity index (χ0n) is 12.2. The highest BCUT2D eigenvalue weighted by Crippen LogP contribution is 2.24. The van der Waals surface area contributed by atoms with Crippen molar-refractivity contribution in [3.05, 3.63) is 35.9 Å². The monoisotopic (exact) mass is 265 g/mol. The third-order valence-corrected chi connectivity index (χ3v) is 4.27. The van der Waals surface area contributed by atoms with Crippen LogP contribution in [0.4, 0.5) is 0 Å².